The molecule has 1 aliphatic rings. The molecule has 0 spiro atoms. The predicted octanol–water partition coefficient (Wildman–Crippen LogP) is 2.10. The number of rotatable bonds is 5. The average Bonchev–Trinajstić information content (AvgIpc) is 3.16. The highest BCUT2D eigenvalue weighted by Crippen LogP contribution is 2.32. The SMILES string of the molecule is COc1ccc(C(=O)N2CCCC2c2cccc(CNC(C)=O)n2)cn1. The van der Waals surface area contributed by atoms with E-state index >= 15 is 0 Å². The minimum absolute atomic E-state index is 0.0586. The summed E-state index contributed by atoms with van der Waals surface area (Å²) in [4.78, 5) is 34.6. The second-order valence-electron chi connectivity index (χ2n) is 6.21. The Labute approximate surface area is 152 Å². The zero-order valence-corrected chi connectivity index (χ0v) is 14.9. The van der Waals surface area contributed by atoms with Crippen molar-refractivity contribution >= 4 is 11.8 Å². The standard InChI is InChI=1S/C19H22N4O3/c1-13(24)20-12-15-5-3-6-16(22-15)17-7-4-10-23(17)19(25)14-8-9-18(26-2)21-11-14/h3,5-6,8-9,11,17H,4,7,10,12H2,1-2H3,(H,20,24). The number of hydrogen-bond donors (Lipinski definition) is 1. The van der Waals surface area contributed by atoms with Gasteiger partial charge in [0.25, 0.3) is 5.91 Å². The van der Waals surface area contributed by atoms with Crippen molar-refractivity contribution in [2.24, 2.45) is 0 Å². The van der Waals surface area contributed by atoms with Crippen molar-refractivity contribution in [1.82, 2.24) is 20.2 Å². The molecule has 1 fully saturated rings. The number of likely N-dealkylation sites (tertiary alicyclic amines) is 1. The van der Waals surface area contributed by atoms with Crippen molar-refractivity contribution in [3.8, 4) is 5.88 Å². The lowest BCUT2D eigenvalue weighted by Gasteiger charge is -2.24. The third kappa shape index (κ3) is 3.99. The molecule has 0 radical (unpaired) electrons. The van der Waals surface area contributed by atoms with Gasteiger partial charge in [0, 0.05) is 25.7 Å². The molecule has 0 bridgehead atoms. The summed E-state index contributed by atoms with van der Waals surface area (Å²) in [5, 5.41) is 2.75. The van der Waals surface area contributed by atoms with Crippen LogP contribution in [0.2, 0.25) is 0 Å². The molecule has 0 aliphatic carbocycles. The summed E-state index contributed by atoms with van der Waals surface area (Å²) in [6.07, 6.45) is 3.33. The van der Waals surface area contributed by atoms with Gasteiger partial charge in [-0.1, -0.05) is 6.07 Å². The zero-order chi connectivity index (χ0) is 18.5. The highest BCUT2D eigenvalue weighted by Gasteiger charge is 2.31. The molecule has 3 heterocycles. The fraction of sp³-hybridized carbons (Fsp3) is 0.368. The van der Waals surface area contributed by atoms with E-state index in [-0.39, 0.29) is 17.9 Å². The monoisotopic (exact) mass is 354 g/mol. The summed E-state index contributed by atoms with van der Waals surface area (Å²) in [5.41, 5.74) is 2.16. The number of ether oxygens (including phenoxy) is 1. The van der Waals surface area contributed by atoms with Crippen molar-refractivity contribution < 1.29 is 14.3 Å². The van der Waals surface area contributed by atoms with Crippen LogP contribution in [0.25, 0.3) is 0 Å². The topological polar surface area (TPSA) is 84.4 Å². The van der Waals surface area contributed by atoms with Crippen molar-refractivity contribution in [2.45, 2.75) is 32.4 Å². The molecule has 0 aromatic carbocycles. The average molecular weight is 354 g/mol. The van der Waals surface area contributed by atoms with Gasteiger partial charge in [-0.2, -0.15) is 0 Å². The molecule has 7 heteroatoms. The highest BCUT2D eigenvalue weighted by atomic mass is 16.5. The van der Waals surface area contributed by atoms with E-state index in [4.69, 9.17) is 4.74 Å². The maximum Gasteiger partial charge on any atom is 0.255 e. The predicted molar refractivity (Wildman–Crippen MR) is 95.6 cm³/mol. The first-order valence-electron chi connectivity index (χ1n) is 8.60. The normalized spacial score (nSPS) is 16.4. The number of methoxy groups -OCH3 is 1. The number of pyridine rings is 2. The maximum absolute atomic E-state index is 12.9. The summed E-state index contributed by atoms with van der Waals surface area (Å²) in [6, 6.07) is 9.06. The van der Waals surface area contributed by atoms with Crippen LogP contribution in [0.4, 0.5) is 0 Å². The van der Waals surface area contributed by atoms with Gasteiger partial charge in [-0.15, -0.1) is 0 Å². The molecule has 1 saturated heterocycles. The van der Waals surface area contributed by atoms with E-state index in [0.717, 1.165) is 24.2 Å². The smallest absolute Gasteiger partial charge is 0.255 e. The van der Waals surface area contributed by atoms with Crippen LogP contribution in [-0.2, 0) is 11.3 Å². The minimum atomic E-state index is -0.0955. The van der Waals surface area contributed by atoms with E-state index in [1.807, 2.05) is 23.1 Å². The van der Waals surface area contributed by atoms with Crippen LogP contribution < -0.4 is 10.1 Å². The third-order valence-electron chi connectivity index (χ3n) is 4.39. The van der Waals surface area contributed by atoms with Gasteiger partial charge in [-0.05, 0) is 31.0 Å². The molecular weight excluding hydrogens is 332 g/mol. The van der Waals surface area contributed by atoms with Crippen LogP contribution in [0.15, 0.2) is 36.5 Å². The van der Waals surface area contributed by atoms with Gasteiger partial charge in [0.05, 0.1) is 36.6 Å². The van der Waals surface area contributed by atoms with Gasteiger partial charge >= 0.3 is 0 Å². The van der Waals surface area contributed by atoms with E-state index in [1.54, 1.807) is 19.2 Å². The van der Waals surface area contributed by atoms with E-state index in [0.29, 0.717) is 24.5 Å². The number of hydrogen-bond acceptors (Lipinski definition) is 5. The molecule has 2 aromatic heterocycles. The zero-order valence-electron chi connectivity index (χ0n) is 14.9. The lowest BCUT2D eigenvalue weighted by atomic mass is 10.1. The summed E-state index contributed by atoms with van der Waals surface area (Å²) in [5.74, 6) is 0.324. The number of nitrogens with one attached hydrogen (secondary N) is 1. The van der Waals surface area contributed by atoms with Crippen molar-refractivity contribution in [3.05, 3.63) is 53.5 Å². The molecule has 3 rings (SSSR count). The molecule has 7 nitrogen and oxygen atoms in total. The molecule has 1 atom stereocenters. The Morgan fingerprint density at radius 1 is 1.31 bits per heavy atom. The Balaban J connectivity index is 1.78. The molecule has 1 N–H and O–H groups in total. The van der Waals surface area contributed by atoms with E-state index in [2.05, 4.69) is 15.3 Å². The number of nitrogens with zero attached hydrogens (tertiary/aromatic N) is 3. The fourth-order valence-corrected chi connectivity index (χ4v) is 3.11. The summed E-state index contributed by atoms with van der Waals surface area (Å²) in [6.45, 7) is 2.55. The second kappa shape index (κ2) is 7.95. The molecule has 1 unspecified atom stereocenters. The van der Waals surface area contributed by atoms with Crippen LogP contribution in [0, 0.1) is 0 Å². The fourth-order valence-electron chi connectivity index (χ4n) is 3.11. The first-order valence-corrected chi connectivity index (χ1v) is 8.60. The van der Waals surface area contributed by atoms with E-state index in [9.17, 15) is 9.59 Å². The van der Waals surface area contributed by atoms with E-state index in [1.165, 1.54) is 13.1 Å². The molecule has 0 saturated carbocycles. The Bertz CT molecular complexity index is 792. The Morgan fingerprint density at radius 3 is 2.85 bits per heavy atom. The van der Waals surface area contributed by atoms with Crippen LogP contribution in [0.3, 0.4) is 0 Å². The quantitative estimate of drug-likeness (QED) is 0.889. The molecule has 2 amide bonds. The molecule has 26 heavy (non-hydrogen) atoms. The Kier molecular flexibility index (Phi) is 5.46. The van der Waals surface area contributed by atoms with Gasteiger partial charge in [0.2, 0.25) is 11.8 Å². The van der Waals surface area contributed by atoms with Gasteiger partial charge < -0.3 is 15.0 Å². The van der Waals surface area contributed by atoms with Crippen molar-refractivity contribution in [3.63, 3.8) is 0 Å². The Morgan fingerprint density at radius 2 is 2.15 bits per heavy atom. The van der Waals surface area contributed by atoms with Crippen LogP contribution >= 0.6 is 0 Å². The highest BCUT2D eigenvalue weighted by molar-refractivity contribution is 5.94. The first-order chi connectivity index (χ1) is 12.6. The summed E-state index contributed by atoms with van der Waals surface area (Å²) >= 11 is 0. The number of aromatic nitrogens is 2. The van der Waals surface area contributed by atoms with Gasteiger partial charge in [0.1, 0.15) is 0 Å². The van der Waals surface area contributed by atoms with Gasteiger partial charge in [-0.3, -0.25) is 14.6 Å². The third-order valence-corrected chi connectivity index (χ3v) is 4.39. The van der Waals surface area contributed by atoms with Crippen LogP contribution in [0.1, 0.15) is 47.6 Å². The van der Waals surface area contributed by atoms with Crippen LogP contribution in [-0.4, -0.2) is 40.3 Å². The molecule has 136 valence electrons. The number of carbonyl (C=O) groups excluding carboxylic acids is 2. The minimum Gasteiger partial charge on any atom is -0.481 e. The van der Waals surface area contributed by atoms with Crippen molar-refractivity contribution in [1.29, 1.82) is 0 Å². The first kappa shape index (κ1) is 17.8. The lowest BCUT2D eigenvalue weighted by Crippen LogP contribution is -2.31. The van der Waals surface area contributed by atoms with Crippen LogP contribution in [0.5, 0.6) is 5.88 Å². The summed E-state index contributed by atoms with van der Waals surface area (Å²) in [7, 11) is 1.54. The molecular formula is C19H22N4O3. The number of carbonyl (C=O) groups is 2. The molecule has 1 aliphatic heterocycles. The van der Waals surface area contributed by atoms with Gasteiger partial charge in [-0.25, -0.2) is 4.98 Å². The lowest BCUT2D eigenvalue weighted by molar-refractivity contribution is -0.119. The molecule has 2 aromatic rings. The van der Waals surface area contributed by atoms with Crippen molar-refractivity contribution in [2.75, 3.05) is 13.7 Å². The van der Waals surface area contributed by atoms with Gasteiger partial charge in [0.15, 0.2) is 0 Å². The van der Waals surface area contributed by atoms with E-state index < -0.39 is 0 Å². The maximum atomic E-state index is 12.9. The Hall–Kier alpha value is -2.96. The summed E-state index contributed by atoms with van der Waals surface area (Å²) < 4.78 is 5.04. The largest absolute Gasteiger partial charge is 0.481 e. The number of amides is 2. The second-order valence-corrected chi connectivity index (χ2v) is 6.21.